The van der Waals surface area contributed by atoms with Crippen LogP contribution in [0.2, 0.25) is 0 Å². The topological polar surface area (TPSA) is 49.6 Å². The Morgan fingerprint density at radius 3 is 2.68 bits per heavy atom. The SMILES string of the molecule is N#C/C(=C\c1csc(-c2ccc(F)cc2)n1)c1ccccn1. The highest BCUT2D eigenvalue weighted by Crippen LogP contribution is 2.25. The van der Waals surface area contributed by atoms with Gasteiger partial charge in [0.1, 0.15) is 16.9 Å². The Bertz CT molecular complexity index is 846. The highest BCUT2D eigenvalue weighted by molar-refractivity contribution is 7.13. The fraction of sp³-hybridized carbons (Fsp3) is 0. The predicted octanol–water partition coefficient (Wildman–Crippen LogP) is 4.41. The highest BCUT2D eigenvalue weighted by atomic mass is 32.1. The number of hydrogen-bond acceptors (Lipinski definition) is 4. The Morgan fingerprint density at radius 2 is 2.00 bits per heavy atom. The van der Waals surface area contributed by atoms with Crippen molar-refractivity contribution in [2.75, 3.05) is 0 Å². The summed E-state index contributed by atoms with van der Waals surface area (Å²) < 4.78 is 12.9. The summed E-state index contributed by atoms with van der Waals surface area (Å²) in [5, 5.41) is 11.9. The number of nitriles is 1. The van der Waals surface area contributed by atoms with Gasteiger partial charge in [-0.25, -0.2) is 9.37 Å². The second-order valence-electron chi connectivity index (χ2n) is 4.47. The van der Waals surface area contributed by atoms with E-state index in [2.05, 4.69) is 16.0 Å². The molecule has 22 heavy (non-hydrogen) atoms. The summed E-state index contributed by atoms with van der Waals surface area (Å²) in [6.07, 6.45) is 3.34. The maximum absolute atomic E-state index is 12.9. The number of rotatable bonds is 3. The molecule has 0 amide bonds. The van der Waals surface area contributed by atoms with Gasteiger partial charge in [-0.15, -0.1) is 11.3 Å². The molecule has 0 atom stereocenters. The van der Waals surface area contributed by atoms with Crippen LogP contribution in [0.5, 0.6) is 0 Å². The Labute approximate surface area is 131 Å². The van der Waals surface area contributed by atoms with Gasteiger partial charge in [0.25, 0.3) is 0 Å². The van der Waals surface area contributed by atoms with E-state index in [4.69, 9.17) is 0 Å². The number of aromatic nitrogens is 2. The van der Waals surface area contributed by atoms with Gasteiger partial charge >= 0.3 is 0 Å². The number of nitrogens with zero attached hydrogens (tertiary/aromatic N) is 3. The van der Waals surface area contributed by atoms with Gasteiger partial charge < -0.3 is 0 Å². The minimum atomic E-state index is -0.276. The molecular weight excluding hydrogens is 297 g/mol. The minimum Gasteiger partial charge on any atom is -0.256 e. The van der Waals surface area contributed by atoms with Crippen molar-refractivity contribution < 1.29 is 4.39 Å². The Balaban J connectivity index is 1.92. The van der Waals surface area contributed by atoms with Crippen molar-refractivity contribution in [1.29, 1.82) is 5.26 Å². The number of thiazole rings is 1. The van der Waals surface area contributed by atoms with Crippen LogP contribution in [0.25, 0.3) is 22.2 Å². The molecule has 0 spiro atoms. The van der Waals surface area contributed by atoms with Crippen LogP contribution in [-0.4, -0.2) is 9.97 Å². The number of hydrogen-bond donors (Lipinski definition) is 0. The average Bonchev–Trinajstić information content (AvgIpc) is 3.03. The van der Waals surface area contributed by atoms with E-state index in [1.807, 2.05) is 11.4 Å². The number of benzene rings is 1. The number of halogens is 1. The smallest absolute Gasteiger partial charge is 0.124 e. The quantitative estimate of drug-likeness (QED) is 0.673. The van der Waals surface area contributed by atoms with Gasteiger partial charge in [-0.2, -0.15) is 5.26 Å². The second-order valence-corrected chi connectivity index (χ2v) is 5.33. The summed E-state index contributed by atoms with van der Waals surface area (Å²) in [7, 11) is 0. The highest BCUT2D eigenvalue weighted by Gasteiger charge is 2.06. The largest absolute Gasteiger partial charge is 0.256 e. The Kier molecular flexibility index (Phi) is 4.03. The van der Waals surface area contributed by atoms with E-state index in [1.165, 1.54) is 23.5 Å². The van der Waals surface area contributed by atoms with Crippen molar-refractivity contribution >= 4 is 23.0 Å². The molecule has 0 aliphatic carbocycles. The van der Waals surface area contributed by atoms with E-state index in [0.717, 1.165) is 10.6 Å². The molecular formula is C17H10FN3S. The standard InChI is InChI=1S/C17H10FN3S/c18-14-6-4-12(5-7-14)17-21-15(11-22-17)9-13(10-19)16-3-1-2-8-20-16/h1-9,11H/b13-9+. The second kappa shape index (κ2) is 6.29. The first-order valence-electron chi connectivity index (χ1n) is 6.51. The summed E-state index contributed by atoms with van der Waals surface area (Å²) in [4.78, 5) is 8.63. The molecule has 5 heteroatoms. The summed E-state index contributed by atoms with van der Waals surface area (Å²) in [5.74, 6) is -0.276. The number of pyridine rings is 1. The molecule has 0 N–H and O–H groups in total. The van der Waals surface area contributed by atoms with Crippen LogP contribution in [0.1, 0.15) is 11.4 Å². The van der Waals surface area contributed by atoms with Gasteiger partial charge in [-0.1, -0.05) is 6.07 Å². The minimum absolute atomic E-state index is 0.276. The summed E-state index contributed by atoms with van der Waals surface area (Å²) in [6, 6.07) is 13.7. The molecule has 0 saturated carbocycles. The third kappa shape index (κ3) is 3.08. The van der Waals surface area contributed by atoms with E-state index in [1.54, 1.807) is 36.5 Å². The van der Waals surface area contributed by atoms with Crippen LogP contribution in [0.15, 0.2) is 54.0 Å². The van der Waals surface area contributed by atoms with Crippen molar-refractivity contribution in [2.24, 2.45) is 0 Å². The lowest BCUT2D eigenvalue weighted by atomic mass is 10.1. The molecule has 106 valence electrons. The summed E-state index contributed by atoms with van der Waals surface area (Å²) in [5.41, 5.74) is 2.60. The van der Waals surface area contributed by atoms with Crippen LogP contribution in [0.3, 0.4) is 0 Å². The monoisotopic (exact) mass is 307 g/mol. The molecule has 3 aromatic rings. The lowest BCUT2D eigenvalue weighted by Crippen LogP contribution is -1.86. The van der Waals surface area contributed by atoms with E-state index >= 15 is 0 Å². The fourth-order valence-electron chi connectivity index (χ4n) is 1.91. The summed E-state index contributed by atoms with van der Waals surface area (Å²) >= 11 is 1.45. The van der Waals surface area contributed by atoms with E-state index in [0.29, 0.717) is 17.0 Å². The Morgan fingerprint density at radius 1 is 1.18 bits per heavy atom. The molecule has 0 bridgehead atoms. The molecule has 0 fully saturated rings. The molecule has 2 heterocycles. The Hall–Kier alpha value is -2.84. The average molecular weight is 307 g/mol. The van der Waals surface area contributed by atoms with Crippen molar-refractivity contribution in [3.63, 3.8) is 0 Å². The zero-order valence-electron chi connectivity index (χ0n) is 11.4. The van der Waals surface area contributed by atoms with E-state index in [-0.39, 0.29) is 5.82 Å². The first kappa shape index (κ1) is 14.1. The van der Waals surface area contributed by atoms with Crippen LogP contribution in [0, 0.1) is 17.1 Å². The lowest BCUT2D eigenvalue weighted by molar-refractivity contribution is 0.628. The molecule has 0 saturated heterocycles. The van der Waals surface area contributed by atoms with Crippen molar-refractivity contribution in [2.45, 2.75) is 0 Å². The van der Waals surface area contributed by atoms with Gasteiger partial charge in [0.05, 0.1) is 17.0 Å². The molecule has 0 unspecified atom stereocenters. The molecule has 0 aliphatic rings. The zero-order chi connectivity index (χ0) is 15.4. The zero-order valence-corrected chi connectivity index (χ0v) is 12.2. The fourth-order valence-corrected chi connectivity index (χ4v) is 2.69. The first-order valence-corrected chi connectivity index (χ1v) is 7.39. The van der Waals surface area contributed by atoms with Crippen molar-refractivity contribution in [3.05, 3.63) is 71.2 Å². The van der Waals surface area contributed by atoms with E-state index < -0.39 is 0 Å². The van der Waals surface area contributed by atoms with Gasteiger partial charge in [0, 0.05) is 17.1 Å². The number of allylic oxidation sites excluding steroid dienone is 1. The molecule has 0 radical (unpaired) electrons. The van der Waals surface area contributed by atoms with Gasteiger partial charge in [0.2, 0.25) is 0 Å². The maximum Gasteiger partial charge on any atom is 0.124 e. The molecule has 3 rings (SSSR count). The first-order chi connectivity index (χ1) is 10.8. The molecule has 1 aromatic carbocycles. The van der Waals surface area contributed by atoms with Crippen LogP contribution in [-0.2, 0) is 0 Å². The van der Waals surface area contributed by atoms with Gasteiger partial charge in [-0.3, -0.25) is 4.98 Å². The maximum atomic E-state index is 12.9. The van der Waals surface area contributed by atoms with Crippen LogP contribution < -0.4 is 0 Å². The predicted molar refractivity (Wildman–Crippen MR) is 85.2 cm³/mol. The third-order valence-corrected chi connectivity index (χ3v) is 3.88. The van der Waals surface area contributed by atoms with Crippen LogP contribution in [0.4, 0.5) is 4.39 Å². The normalized spacial score (nSPS) is 11.2. The molecule has 3 nitrogen and oxygen atoms in total. The van der Waals surface area contributed by atoms with Gasteiger partial charge in [-0.05, 0) is 42.5 Å². The summed E-state index contributed by atoms with van der Waals surface area (Å²) in [6.45, 7) is 0. The third-order valence-electron chi connectivity index (χ3n) is 2.97. The van der Waals surface area contributed by atoms with Crippen molar-refractivity contribution in [3.8, 4) is 16.6 Å². The van der Waals surface area contributed by atoms with Crippen LogP contribution >= 0.6 is 11.3 Å². The molecule has 0 aliphatic heterocycles. The van der Waals surface area contributed by atoms with Crippen molar-refractivity contribution in [1.82, 2.24) is 9.97 Å². The molecule has 2 aromatic heterocycles. The van der Waals surface area contributed by atoms with Gasteiger partial charge in [0.15, 0.2) is 0 Å². The lowest BCUT2D eigenvalue weighted by Gasteiger charge is -1.96. The van der Waals surface area contributed by atoms with E-state index in [9.17, 15) is 9.65 Å².